The molecule has 6 nitrogen and oxygen atoms in total. The maximum Gasteiger partial charge on any atom is 0.332 e. The van der Waals surface area contributed by atoms with Crippen LogP contribution in [0.2, 0.25) is 0 Å². The van der Waals surface area contributed by atoms with E-state index in [4.69, 9.17) is 15.9 Å². The highest BCUT2D eigenvalue weighted by molar-refractivity contribution is 7.98. The molecular weight excluding hydrogens is 232 g/mol. The second-order valence-electron chi connectivity index (χ2n) is 3.32. The summed E-state index contributed by atoms with van der Waals surface area (Å²) in [5, 5.41) is 19.8. The minimum Gasteiger partial charge on any atom is -0.479 e. The molecule has 0 unspecified atom stereocenters. The van der Waals surface area contributed by atoms with Crippen molar-refractivity contribution in [1.29, 1.82) is 0 Å². The molecule has 0 aromatic rings. The molecule has 0 radical (unpaired) electrons. The fraction of sp³-hybridized carbons (Fsp3) is 0.778. The Kier molecular flexibility index (Phi) is 7.96. The summed E-state index contributed by atoms with van der Waals surface area (Å²) < 4.78 is 0. The van der Waals surface area contributed by atoms with E-state index in [-0.39, 0.29) is 18.9 Å². The number of hydrogen-bond donors (Lipinski definition) is 4. The van der Waals surface area contributed by atoms with Gasteiger partial charge in [-0.2, -0.15) is 11.8 Å². The van der Waals surface area contributed by atoms with Crippen molar-refractivity contribution in [2.75, 3.05) is 18.6 Å². The summed E-state index contributed by atoms with van der Waals surface area (Å²) in [5.74, 6) is -0.806. The molecule has 5 N–H and O–H groups in total. The molecule has 0 saturated carbocycles. The van der Waals surface area contributed by atoms with Crippen LogP contribution in [0.25, 0.3) is 0 Å². The number of aliphatic hydroxyl groups is 1. The zero-order valence-electron chi connectivity index (χ0n) is 9.18. The van der Waals surface area contributed by atoms with E-state index in [0.29, 0.717) is 6.42 Å². The third-order valence-corrected chi connectivity index (χ3v) is 2.62. The van der Waals surface area contributed by atoms with E-state index >= 15 is 0 Å². The van der Waals surface area contributed by atoms with Gasteiger partial charge < -0.3 is 21.3 Å². The maximum atomic E-state index is 11.3. The Morgan fingerprint density at radius 3 is 2.56 bits per heavy atom. The molecule has 0 heterocycles. The number of hydrogen-bond acceptors (Lipinski definition) is 5. The Bertz CT molecular complexity index is 238. The second kappa shape index (κ2) is 8.37. The third-order valence-electron chi connectivity index (χ3n) is 1.97. The molecule has 0 aromatic carbocycles. The first-order valence-corrected chi connectivity index (χ1v) is 6.31. The van der Waals surface area contributed by atoms with Crippen LogP contribution in [0.3, 0.4) is 0 Å². The summed E-state index contributed by atoms with van der Waals surface area (Å²) in [5.41, 5.74) is 5.58. The molecule has 7 heteroatoms. The number of aliphatic hydroxyl groups excluding tert-OH is 1. The molecular formula is C9H18N2O4S. The Morgan fingerprint density at radius 1 is 1.44 bits per heavy atom. The summed E-state index contributed by atoms with van der Waals surface area (Å²) in [6.07, 6.45) is 1.04. The molecule has 1 amide bonds. The fourth-order valence-electron chi connectivity index (χ4n) is 0.963. The molecule has 0 aliphatic rings. The zero-order valence-corrected chi connectivity index (χ0v) is 10.00. The fourth-order valence-corrected chi connectivity index (χ4v) is 1.45. The molecule has 0 aromatic heterocycles. The largest absolute Gasteiger partial charge is 0.479 e. The van der Waals surface area contributed by atoms with Crippen molar-refractivity contribution in [3.05, 3.63) is 0 Å². The Hall–Kier alpha value is -0.790. The Morgan fingerprint density at radius 2 is 2.06 bits per heavy atom. The third kappa shape index (κ3) is 6.65. The lowest BCUT2D eigenvalue weighted by Gasteiger charge is -2.12. The zero-order chi connectivity index (χ0) is 12.6. The maximum absolute atomic E-state index is 11.3. The van der Waals surface area contributed by atoms with Gasteiger partial charge in [-0.3, -0.25) is 4.79 Å². The Labute approximate surface area is 98.6 Å². The molecule has 0 rings (SSSR count). The number of carbonyl (C=O) groups is 2. The summed E-state index contributed by atoms with van der Waals surface area (Å²) in [7, 11) is 0. The van der Waals surface area contributed by atoms with Crippen molar-refractivity contribution in [2.45, 2.75) is 25.0 Å². The van der Waals surface area contributed by atoms with Crippen LogP contribution in [0, 0.1) is 0 Å². The van der Waals surface area contributed by atoms with E-state index in [1.165, 1.54) is 0 Å². The first kappa shape index (κ1) is 15.2. The van der Waals surface area contributed by atoms with Gasteiger partial charge in [0.2, 0.25) is 5.91 Å². The van der Waals surface area contributed by atoms with Crippen LogP contribution in [-0.2, 0) is 9.59 Å². The molecule has 16 heavy (non-hydrogen) atoms. The Balaban J connectivity index is 3.68. The molecule has 0 aliphatic heterocycles. The molecule has 2 atom stereocenters. The SMILES string of the molecule is CSCC[C@H](N)C(=O)NCC[C@H](O)C(=O)O. The lowest BCUT2D eigenvalue weighted by atomic mass is 10.2. The van der Waals surface area contributed by atoms with Crippen molar-refractivity contribution in [2.24, 2.45) is 5.73 Å². The minimum absolute atomic E-state index is 0.0175. The summed E-state index contributed by atoms with van der Waals surface area (Å²) in [4.78, 5) is 21.6. The van der Waals surface area contributed by atoms with Gasteiger partial charge in [-0.25, -0.2) is 4.79 Å². The van der Waals surface area contributed by atoms with E-state index < -0.39 is 18.1 Å². The molecule has 0 aliphatic carbocycles. The standard InChI is InChI=1S/C9H18N2O4S/c1-16-5-3-6(10)8(13)11-4-2-7(12)9(14)15/h6-7,12H,2-5,10H2,1H3,(H,11,13)(H,14,15)/t6-,7-/m0/s1. The van der Waals surface area contributed by atoms with Crippen LogP contribution in [-0.4, -0.2) is 52.8 Å². The van der Waals surface area contributed by atoms with Crippen molar-refractivity contribution < 1.29 is 19.8 Å². The van der Waals surface area contributed by atoms with Crippen LogP contribution in [0.5, 0.6) is 0 Å². The highest BCUT2D eigenvalue weighted by Crippen LogP contribution is 1.98. The van der Waals surface area contributed by atoms with Gasteiger partial charge in [-0.05, 0) is 18.4 Å². The minimum atomic E-state index is -1.44. The first-order valence-electron chi connectivity index (χ1n) is 4.92. The summed E-state index contributed by atoms with van der Waals surface area (Å²) in [6, 6.07) is -0.575. The normalized spacial score (nSPS) is 14.2. The average molecular weight is 250 g/mol. The van der Waals surface area contributed by atoms with Gasteiger partial charge in [-0.1, -0.05) is 0 Å². The van der Waals surface area contributed by atoms with Gasteiger partial charge in [0.1, 0.15) is 0 Å². The van der Waals surface area contributed by atoms with Crippen molar-refractivity contribution in [3.8, 4) is 0 Å². The van der Waals surface area contributed by atoms with Crippen molar-refractivity contribution in [1.82, 2.24) is 5.32 Å². The number of carboxylic acids is 1. The number of carboxylic acid groups (broad SMARTS) is 1. The molecule has 0 saturated heterocycles. The van der Waals surface area contributed by atoms with Crippen LogP contribution in [0.15, 0.2) is 0 Å². The lowest BCUT2D eigenvalue weighted by molar-refractivity contribution is -0.147. The summed E-state index contributed by atoms with van der Waals surface area (Å²) >= 11 is 1.60. The summed E-state index contributed by atoms with van der Waals surface area (Å²) in [6.45, 7) is 0.110. The van der Waals surface area contributed by atoms with Crippen molar-refractivity contribution >= 4 is 23.6 Å². The highest BCUT2D eigenvalue weighted by Gasteiger charge is 2.15. The number of nitrogens with two attached hydrogens (primary N) is 1. The van der Waals surface area contributed by atoms with Crippen LogP contribution in [0.1, 0.15) is 12.8 Å². The monoisotopic (exact) mass is 250 g/mol. The topological polar surface area (TPSA) is 113 Å². The quantitative estimate of drug-likeness (QED) is 0.440. The van der Waals surface area contributed by atoms with Crippen LogP contribution >= 0.6 is 11.8 Å². The van der Waals surface area contributed by atoms with Crippen molar-refractivity contribution in [3.63, 3.8) is 0 Å². The highest BCUT2D eigenvalue weighted by atomic mass is 32.2. The average Bonchev–Trinajstić information content (AvgIpc) is 2.25. The number of rotatable bonds is 8. The number of amides is 1. The van der Waals surface area contributed by atoms with Gasteiger partial charge in [0.25, 0.3) is 0 Å². The number of carbonyl (C=O) groups excluding carboxylic acids is 1. The van der Waals surface area contributed by atoms with Gasteiger partial charge in [-0.15, -0.1) is 0 Å². The predicted molar refractivity (Wildman–Crippen MR) is 62.2 cm³/mol. The lowest BCUT2D eigenvalue weighted by Crippen LogP contribution is -2.42. The van der Waals surface area contributed by atoms with Gasteiger partial charge in [0.15, 0.2) is 6.10 Å². The number of thioether (sulfide) groups is 1. The van der Waals surface area contributed by atoms with E-state index in [1.54, 1.807) is 11.8 Å². The van der Waals surface area contributed by atoms with Gasteiger partial charge in [0, 0.05) is 13.0 Å². The van der Waals surface area contributed by atoms with Crippen LogP contribution < -0.4 is 11.1 Å². The van der Waals surface area contributed by atoms with E-state index in [1.807, 2.05) is 6.26 Å². The molecule has 94 valence electrons. The van der Waals surface area contributed by atoms with Gasteiger partial charge >= 0.3 is 5.97 Å². The number of nitrogens with one attached hydrogen (secondary N) is 1. The smallest absolute Gasteiger partial charge is 0.332 e. The van der Waals surface area contributed by atoms with E-state index in [9.17, 15) is 9.59 Å². The molecule has 0 fully saturated rings. The molecule has 0 bridgehead atoms. The van der Waals surface area contributed by atoms with E-state index in [0.717, 1.165) is 5.75 Å². The van der Waals surface area contributed by atoms with E-state index in [2.05, 4.69) is 5.32 Å². The van der Waals surface area contributed by atoms with Gasteiger partial charge in [0.05, 0.1) is 6.04 Å². The van der Waals surface area contributed by atoms with Crippen LogP contribution in [0.4, 0.5) is 0 Å². The predicted octanol–water partition coefficient (Wildman–Crippen LogP) is -0.981. The molecule has 0 spiro atoms. The number of aliphatic carboxylic acids is 1. The second-order valence-corrected chi connectivity index (χ2v) is 4.31. The first-order chi connectivity index (χ1) is 7.49.